The second-order valence-electron chi connectivity index (χ2n) is 10.8. The van der Waals surface area contributed by atoms with Gasteiger partial charge in [-0.25, -0.2) is 12.8 Å². The van der Waals surface area contributed by atoms with Crippen molar-refractivity contribution in [2.45, 2.75) is 75.7 Å². The fourth-order valence-corrected chi connectivity index (χ4v) is 7.80. The number of pyridine rings is 1. The van der Waals surface area contributed by atoms with E-state index in [0.717, 1.165) is 11.8 Å². The SMILES string of the molecule is CC(C)[C@H](c1ccc(Cl)cc1)[C@H](N)C(=O)Nc1cncc(F)c1CC[C@H]1CNC[C@H](C)N1S(=O)(=O)C1CC1. The van der Waals surface area contributed by atoms with Crippen molar-refractivity contribution < 1.29 is 17.6 Å². The first-order valence-electron chi connectivity index (χ1n) is 13.2. The van der Waals surface area contributed by atoms with E-state index in [1.807, 2.05) is 32.9 Å². The van der Waals surface area contributed by atoms with Crippen LogP contribution in [0.25, 0.3) is 0 Å². The minimum atomic E-state index is -3.40. The van der Waals surface area contributed by atoms with Crippen LogP contribution in [-0.2, 0) is 21.2 Å². The Bertz CT molecular complexity index is 1240. The smallest absolute Gasteiger partial charge is 0.241 e. The van der Waals surface area contributed by atoms with Gasteiger partial charge in [0, 0.05) is 41.7 Å². The second-order valence-corrected chi connectivity index (χ2v) is 13.3. The first-order chi connectivity index (χ1) is 18.0. The summed E-state index contributed by atoms with van der Waals surface area (Å²) in [6, 6.07) is 5.86. The Balaban J connectivity index is 1.51. The van der Waals surface area contributed by atoms with Crippen LogP contribution in [0.2, 0.25) is 5.02 Å². The van der Waals surface area contributed by atoms with E-state index in [1.165, 1.54) is 6.20 Å². The van der Waals surface area contributed by atoms with Crippen molar-refractivity contribution in [3.05, 3.63) is 58.6 Å². The Morgan fingerprint density at radius 1 is 1.24 bits per heavy atom. The highest BCUT2D eigenvalue weighted by molar-refractivity contribution is 7.90. The summed E-state index contributed by atoms with van der Waals surface area (Å²) in [6.07, 6.45) is 4.54. The molecule has 208 valence electrons. The van der Waals surface area contributed by atoms with Crippen molar-refractivity contribution in [1.82, 2.24) is 14.6 Å². The number of nitrogens with two attached hydrogens (primary N) is 1. The molecular weight excluding hydrogens is 529 g/mol. The van der Waals surface area contributed by atoms with Crippen molar-refractivity contribution in [1.29, 1.82) is 0 Å². The van der Waals surface area contributed by atoms with Crippen molar-refractivity contribution in [3.63, 3.8) is 0 Å². The molecule has 11 heteroatoms. The number of halogens is 2. The van der Waals surface area contributed by atoms with Crippen LogP contribution in [0.3, 0.4) is 0 Å². The number of piperazine rings is 1. The maximum absolute atomic E-state index is 15.0. The highest BCUT2D eigenvalue weighted by atomic mass is 35.5. The molecule has 1 saturated heterocycles. The average Bonchev–Trinajstić information content (AvgIpc) is 3.71. The van der Waals surface area contributed by atoms with Gasteiger partial charge < -0.3 is 16.4 Å². The molecule has 1 aromatic heterocycles. The molecule has 2 fully saturated rings. The highest BCUT2D eigenvalue weighted by Crippen LogP contribution is 2.35. The number of hydrogen-bond acceptors (Lipinski definition) is 6. The Kier molecular flexibility index (Phi) is 9.09. The third-order valence-electron chi connectivity index (χ3n) is 7.51. The Morgan fingerprint density at radius 3 is 2.55 bits per heavy atom. The molecule has 0 bridgehead atoms. The molecule has 4 N–H and O–H groups in total. The summed E-state index contributed by atoms with van der Waals surface area (Å²) in [4.78, 5) is 17.2. The number of nitrogens with one attached hydrogen (secondary N) is 2. The van der Waals surface area contributed by atoms with Crippen LogP contribution in [0.4, 0.5) is 10.1 Å². The first kappa shape index (κ1) is 28.9. The lowest BCUT2D eigenvalue weighted by Crippen LogP contribution is -2.59. The lowest BCUT2D eigenvalue weighted by Gasteiger charge is -2.40. The summed E-state index contributed by atoms with van der Waals surface area (Å²) in [5.74, 6) is -1.23. The predicted octanol–water partition coefficient (Wildman–Crippen LogP) is 3.67. The molecule has 1 amide bonds. The number of nitrogens with zero attached hydrogens (tertiary/aromatic N) is 2. The molecule has 0 spiro atoms. The largest absolute Gasteiger partial charge is 0.323 e. The molecule has 38 heavy (non-hydrogen) atoms. The molecule has 4 rings (SSSR count). The Hall–Kier alpha value is -2.11. The average molecular weight is 566 g/mol. The lowest BCUT2D eigenvalue weighted by atomic mass is 9.82. The van der Waals surface area contributed by atoms with E-state index in [4.69, 9.17) is 17.3 Å². The number of sulfonamides is 1. The monoisotopic (exact) mass is 565 g/mol. The third-order valence-corrected chi connectivity index (χ3v) is 10.3. The summed E-state index contributed by atoms with van der Waals surface area (Å²) in [6.45, 7) is 6.94. The normalized spacial score (nSPS) is 22.3. The van der Waals surface area contributed by atoms with Gasteiger partial charge in [0.05, 0.1) is 29.4 Å². The van der Waals surface area contributed by atoms with E-state index >= 15 is 0 Å². The molecule has 1 saturated carbocycles. The Morgan fingerprint density at radius 2 is 1.92 bits per heavy atom. The molecular formula is C27H37ClFN5O3S. The molecule has 2 heterocycles. The van der Waals surface area contributed by atoms with E-state index in [2.05, 4.69) is 15.6 Å². The van der Waals surface area contributed by atoms with Crippen molar-refractivity contribution in [2.24, 2.45) is 11.7 Å². The summed E-state index contributed by atoms with van der Waals surface area (Å²) in [5.41, 5.74) is 7.86. The van der Waals surface area contributed by atoms with Crippen molar-refractivity contribution >= 4 is 33.2 Å². The number of benzene rings is 1. The molecule has 2 aliphatic rings. The van der Waals surface area contributed by atoms with Gasteiger partial charge in [-0.3, -0.25) is 9.78 Å². The number of hydrogen-bond donors (Lipinski definition) is 3. The number of rotatable bonds is 10. The lowest BCUT2D eigenvalue weighted by molar-refractivity contribution is -0.118. The molecule has 4 atom stereocenters. The number of aromatic nitrogens is 1. The summed E-state index contributed by atoms with van der Waals surface area (Å²) in [5, 5.41) is 6.37. The zero-order valence-electron chi connectivity index (χ0n) is 22.0. The summed E-state index contributed by atoms with van der Waals surface area (Å²) in [7, 11) is -3.40. The van der Waals surface area contributed by atoms with Gasteiger partial charge >= 0.3 is 0 Å². The molecule has 8 nitrogen and oxygen atoms in total. The van der Waals surface area contributed by atoms with Crippen molar-refractivity contribution in [2.75, 3.05) is 18.4 Å². The number of carbonyl (C=O) groups excluding carboxylic acids is 1. The van der Waals surface area contributed by atoms with Crippen LogP contribution in [0.1, 0.15) is 57.1 Å². The predicted molar refractivity (Wildman–Crippen MR) is 148 cm³/mol. The molecule has 1 aliphatic carbocycles. The zero-order chi connectivity index (χ0) is 27.6. The fraction of sp³-hybridized carbons (Fsp3) is 0.556. The molecule has 0 unspecified atom stereocenters. The van der Waals surface area contributed by atoms with E-state index in [0.29, 0.717) is 37.4 Å². The summed E-state index contributed by atoms with van der Waals surface area (Å²) < 4.78 is 42.9. The quantitative estimate of drug-likeness (QED) is 0.405. The van der Waals surface area contributed by atoms with Crippen LogP contribution in [0, 0.1) is 11.7 Å². The van der Waals surface area contributed by atoms with Gasteiger partial charge in [-0.2, -0.15) is 4.31 Å². The molecule has 2 aromatic rings. The minimum Gasteiger partial charge on any atom is -0.323 e. The van der Waals surface area contributed by atoms with Gasteiger partial charge in [0.2, 0.25) is 15.9 Å². The number of anilines is 1. The maximum atomic E-state index is 15.0. The zero-order valence-corrected chi connectivity index (χ0v) is 23.6. The van der Waals surface area contributed by atoms with Crippen LogP contribution in [0.5, 0.6) is 0 Å². The van der Waals surface area contributed by atoms with Gasteiger partial charge in [-0.1, -0.05) is 37.6 Å². The number of amides is 1. The van der Waals surface area contributed by atoms with Gasteiger partial charge in [-0.15, -0.1) is 0 Å². The van der Waals surface area contributed by atoms with Gasteiger partial charge in [0.15, 0.2) is 0 Å². The number of carbonyl (C=O) groups is 1. The molecule has 0 radical (unpaired) electrons. The fourth-order valence-electron chi connectivity index (χ4n) is 5.43. The molecule has 1 aliphatic heterocycles. The van der Waals surface area contributed by atoms with Crippen molar-refractivity contribution in [3.8, 4) is 0 Å². The van der Waals surface area contributed by atoms with Crippen LogP contribution >= 0.6 is 11.6 Å². The van der Waals surface area contributed by atoms with Crippen LogP contribution in [0.15, 0.2) is 36.7 Å². The first-order valence-corrected chi connectivity index (χ1v) is 15.1. The van der Waals surface area contributed by atoms with E-state index < -0.39 is 27.8 Å². The molecule has 1 aromatic carbocycles. The van der Waals surface area contributed by atoms with E-state index in [-0.39, 0.29) is 46.8 Å². The van der Waals surface area contributed by atoms with Gasteiger partial charge in [0.1, 0.15) is 5.82 Å². The second kappa shape index (κ2) is 12.0. The minimum absolute atomic E-state index is 0.0576. The Labute approximate surface area is 229 Å². The van der Waals surface area contributed by atoms with E-state index in [1.54, 1.807) is 16.4 Å². The summed E-state index contributed by atoms with van der Waals surface area (Å²) >= 11 is 6.03. The highest BCUT2D eigenvalue weighted by Gasteiger charge is 2.45. The third kappa shape index (κ3) is 6.37. The maximum Gasteiger partial charge on any atom is 0.241 e. The van der Waals surface area contributed by atoms with Gasteiger partial charge in [-0.05, 0) is 56.2 Å². The topological polar surface area (TPSA) is 117 Å². The van der Waals surface area contributed by atoms with E-state index in [9.17, 15) is 17.6 Å². The van der Waals surface area contributed by atoms with Crippen LogP contribution < -0.4 is 16.4 Å². The van der Waals surface area contributed by atoms with Crippen LogP contribution in [-0.4, -0.2) is 60.1 Å². The standard InChI is InChI=1S/C27H37ClFN5O3S/c1-16(2)25(18-4-6-19(28)7-5-18)26(30)27(35)33-24-15-32-14-23(29)22(24)11-8-20-13-31-12-17(3)34(20)38(36,37)21-9-10-21/h4-7,14-17,20-21,25-26,31H,8-13,30H2,1-3H3,(H,33,35)/t17-,20-,25+,26-/m0/s1. The van der Waals surface area contributed by atoms with Gasteiger partial charge in [0.25, 0.3) is 0 Å².